The van der Waals surface area contributed by atoms with E-state index in [0.29, 0.717) is 5.56 Å². The Hall–Kier alpha value is -2.30. The molecule has 1 atom stereocenters. The van der Waals surface area contributed by atoms with Crippen molar-refractivity contribution in [3.63, 3.8) is 0 Å². The summed E-state index contributed by atoms with van der Waals surface area (Å²) in [6, 6.07) is 7.39. The SMILES string of the molecule is CC(NC(=O)c1ccc(N(C)C)cc1)c1nccn1C. The normalized spacial score (nSPS) is 12.0. The molecule has 0 bridgehead atoms. The lowest BCUT2D eigenvalue weighted by atomic mass is 10.1. The van der Waals surface area contributed by atoms with Crippen LogP contribution in [0.1, 0.15) is 29.1 Å². The third-order valence-corrected chi connectivity index (χ3v) is 3.24. The summed E-state index contributed by atoms with van der Waals surface area (Å²) in [7, 11) is 5.85. The van der Waals surface area contributed by atoms with Gasteiger partial charge in [-0.2, -0.15) is 0 Å². The second kappa shape index (κ2) is 5.77. The second-order valence-electron chi connectivity index (χ2n) is 5.03. The van der Waals surface area contributed by atoms with E-state index in [1.165, 1.54) is 0 Å². The number of rotatable bonds is 4. The van der Waals surface area contributed by atoms with Gasteiger partial charge in [-0.25, -0.2) is 4.98 Å². The molecule has 0 aliphatic carbocycles. The van der Waals surface area contributed by atoms with E-state index in [0.717, 1.165) is 11.5 Å². The molecule has 0 spiro atoms. The molecule has 1 aromatic heterocycles. The number of aromatic nitrogens is 2. The molecule has 0 saturated heterocycles. The number of hydrogen-bond acceptors (Lipinski definition) is 3. The average molecular weight is 272 g/mol. The Morgan fingerprint density at radius 1 is 1.30 bits per heavy atom. The maximum Gasteiger partial charge on any atom is 0.251 e. The van der Waals surface area contributed by atoms with Crippen LogP contribution in [0.3, 0.4) is 0 Å². The largest absolute Gasteiger partial charge is 0.378 e. The van der Waals surface area contributed by atoms with Crippen molar-refractivity contribution >= 4 is 11.6 Å². The summed E-state index contributed by atoms with van der Waals surface area (Å²) in [5.41, 5.74) is 1.72. The lowest BCUT2D eigenvalue weighted by Gasteiger charge is -2.15. The highest BCUT2D eigenvalue weighted by Gasteiger charge is 2.14. The highest BCUT2D eigenvalue weighted by atomic mass is 16.1. The van der Waals surface area contributed by atoms with Crippen LogP contribution in [0.15, 0.2) is 36.7 Å². The third kappa shape index (κ3) is 2.99. The molecule has 1 amide bonds. The zero-order valence-corrected chi connectivity index (χ0v) is 12.3. The number of carbonyl (C=O) groups is 1. The average Bonchev–Trinajstić information content (AvgIpc) is 2.85. The molecular weight excluding hydrogens is 252 g/mol. The van der Waals surface area contributed by atoms with Crippen molar-refractivity contribution in [1.29, 1.82) is 0 Å². The van der Waals surface area contributed by atoms with E-state index in [1.807, 2.05) is 68.0 Å². The first-order chi connectivity index (χ1) is 9.49. The first-order valence-electron chi connectivity index (χ1n) is 6.54. The van der Waals surface area contributed by atoms with Gasteiger partial charge in [0.1, 0.15) is 5.82 Å². The molecule has 0 aliphatic heterocycles. The van der Waals surface area contributed by atoms with Crippen LogP contribution in [0, 0.1) is 0 Å². The molecule has 1 unspecified atom stereocenters. The van der Waals surface area contributed by atoms with E-state index >= 15 is 0 Å². The van der Waals surface area contributed by atoms with Gasteiger partial charge >= 0.3 is 0 Å². The molecule has 1 heterocycles. The standard InChI is InChI=1S/C15H20N4O/c1-11(14-16-9-10-19(14)4)17-15(20)12-5-7-13(8-6-12)18(2)3/h5-11H,1-4H3,(H,17,20). The van der Waals surface area contributed by atoms with Crippen molar-refractivity contribution < 1.29 is 4.79 Å². The molecule has 1 aromatic carbocycles. The number of nitrogens with one attached hydrogen (secondary N) is 1. The van der Waals surface area contributed by atoms with Gasteiger partial charge in [0, 0.05) is 44.8 Å². The van der Waals surface area contributed by atoms with E-state index in [1.54, 1.807) is 6.20 Å². The Kier molecular flexibility index (Phi) is 4.08. The van der Waals surface area contributed by atoms with Crippen LogP contribution in [0.2, 0.25) is 0 Å². The van der Waals surface area contributed by atoms with Crippen molar-refractivity contribution in [2.45, 2.75) is 13.0 Å². The summed E-state index contributed by atoms with van der Waals surface area (Å²) in [4.78, 5) is 18.4. The molecule has 0 aliphatic rings. The number of benzene rings is 1. The summed E-state index contributed by atoms with van der Waals surface area (Å²) in [5.74, 6) is 0.745. The predicted molar refractivity (Wildman–Crippen MR) is 79.9 cm³/mol. The van der Waals surface area contributed by atoms with Crippen molar-refractivity contribution in [3.8, 4) is 0 Å². The van der Waals surface area contributed by atoms with Crippen LogP contribution in [0.25, 0.3) is 0 Å². The van der Waals surface area contributed by atoms with Crippen LogP contribution in [-0.4, -0.2) is 29.6 Å². The first-order valence-corrected chi connectivity index (χ1v) is 6.54. The van der Waals surface area contributed by atoms with E-state index in [-0.39, 0.29) is 11.9 Å². The number of anilines is 1. The van der Waals surface area contributed by atoms with Crippen molar-refractivity contribution in [2.24, 2.45) is 7.05 Å². The minimum absolute atomic E-state index is 0.0918. The zero-order chi connectivity index (χ0) is 14.7. The number of aryl methyl sites for hydroxylation is 1. The van der Waals surface area contributed by atoms with Crippen molar-refractivity contribution in [3.05, 3.63) is 48.0 Å². The Balaban J connectivity index is 2.06. The highest BCUT2D eigenvalue weighted by Crippen LogP contribution is 2.14. The van der Waals surface area contributed by atoms with E-state index in [2.05, 4.69) is 10.3 Å². The Bertz CT molecular complexity index is 586. The van der Waals surface area contributed by atoms with Crippen LogP contribution in [-0.2, 0) is 7.05 Å². The molecular formula is C15H20N4O. The third-order valence-electron chi connectivity index (χ3n) is 3.24. The molecule has 0 radical (unpaired) electrons. The monoisotopic (exact) mass is 272 g/mol. The number of nitrogens with zero attached hydrogens (tertiary/aromatic N) is 3. The van der Waals surface area contributed by atoms with Crippen LogP contribution < -0.4 is 10.2 Å². The van der Waals surface area contributed by atoms with E-state index < -0.39 is 0 Å². The smallest absolute Gasteiger partial charge is 0.251 e. The molecule has 5 heteroatoms. The van der Waals surface area contributed by atoms with Gasteiger partial charge in [-0.1, -0.05) is 0 Å². The fraction of sp³-hybridized carbons (Fsp3) is 0.333. The molecule has 1 N–H and O–H groups in total. The van der Waals surface area contributed by atoms with Gasteiger partial charge in [0.2, 0.25) is 0 Å². The summed E-state index contributed by atoms with van der Waals surface area (Å²) >= 11 is 0. The number of imidazole rings is 1. The van der Waals surface area contributed by atoms with Gasteiger partial charge in [-0.3, -0.25) is 4.79 Å². The number of hydrogen-bond donors (Lipinski definition) is 1. The van der Waals surface area contributed by atoms with Gasteiger partial charge in [-0.05, 0) is 31.2 Å². The highest BCUT2D eigenvalue weighted by molar-refractivity contribution is 5.94. The van der Waals surface area contributed by atoms with Gasteiger partial charge in [-0.15, -0.1) is 0 Å². The van der Waals surface area contributed by atoms with Crippen LogP contribution in [0.4, 0.5) is 5.69 Å². The van der Waals surface area contributed by atoms with Gasteiger partial charge in [0.25, 0.3) is 5.91 Å². The maximum atomic E-state index is 12.2. The van der Waals surface area contributed by atoms with E-state index in [4.69, 9.17) is 0 Å². The first kappa shape index (κ1) is 14.1. The molecule has 0 fully saturated rings. The minimum Gasteiger partial charge on any atom is -0.378 e. The summed E-state index contributed by atoms with van der Waals surface area (Å²) in [5, 5.41) is 2.95. The lowest BCUT2D eigenvalue weighted by molar-refractivity contribution is 0.0938. The van der Waals surface area contributed by atoms with Crippen molar-refractivity contribution in [1.82, 2.24) is 14.9 Å². The molecule has 5 nitrogen and oxygen atoms in total. The van der Waals surface area contributed by atoms with Crippen LogP contribution in [0.5, 0.6) is 0 Å². The lowest BCUT2D eigenvalue weighted by Crippen LogP contribution is -2.28. The fourth-order valence-corrected chi connectivity index (χ4v) is 2.05. The molecule has 20 heavy (non-hydrogen) atoms. The number of amides is 1. The topological polar surface area (TPSA) is 50.2 Å². The summed E-state index contributed by atoms with van der Waals surface area (Å²) in [6.45, 7) is 1.93. The van der Waals surface area contributed by atoms with Gasteiger partial charge in [0.05, 0.1) is 6.04 Å². The Labute approximate surface area is 119 Å². The Morgan fingerprint density at radius 2 is 1.95 bits per heavy atom. The molecule has 2 aromatic rings. The molecule has 0 saturated carbocycles. The minimum atomic E-state index is -0.129. The van der Waals surface area contributed by atoms with Gasteiger partial charge in [0.15, 0.2) is 0 Å². The number of carbonyl (C=O) groups excluding carboxylic acids is 1. The predicted octanol–water partition coefficient (Wildman–Crippen LogP) is 1.98. The summed E-state index contributed by atoms with van der Waals surface area (Å²) < 4.78 is 1.90. The fourth-order valence-electron chi connectivity index (χ4n) is 2.05. The summed E-state index contributed by atoms with van der Waals surface area (Å²) in [6.07, 6.45) is 3.59. The van der Waals surface area contributed by atoms with Crippen molar-refractivity contribution in [2.75, 3.05) is 19.0 Å². The maximum absolute atomic E-state index is 12.2. The molecule has 2 rings (SSSR count). The Morgan fingerprint density at radius 3 is 2.45 bits per heavy atom. The van der Waals surface area contributed by atoms with E-state index in [9.17, 15) is 4.79 Å². The zero-order valence-electron chi connectivity index (χ0n) is 12.3. The second-order valence-corrected chi connectivity index (χ2v) is 5.03. The quantitative estimate of drug-likeness (QED) is 0.926. The molecule has 106 valence electrons. The van der Waals surface area contributed by atoms with Gasteiger partial charge < -0.3 is 14.8 Å². The van der Waals surface area contributed by atoms with Crippen LogP contribution >= 0.6 is 0 Å².